The van der Waals surface area contributed by atoms with Crippen molar-refractivity contribution < 1.29 is 9.59 Å². The molecular formula is C17H29N3O2. The number of imide groups is 1. The van der Waals surface area contributed by atoms with Crippen LogP contribution in [0.2, 0.25) is 0 Å². The highest BCUT2D eigenvalue weighted by Gasteiger charge is 2.52. The molecule has 5 nitrogen and oxygen atoms in total. The first-order valence-electron chi connectivity index (χ1n) is 8.80. The van der Waals surface area contributed by atoms with E-state index in [1.807, 2.05) is 0 Å². The third kappa shape index (κ3) is 3.06. The molecule has 3 aliphatic rings. The number of carbonyl (C=O) groups excluding carboxylic acids is 2. The first-order chi connectivity index (χ1) is 10.5. The molecule has 2 heterocycles. The molecule has 0 N–H and O–H groups in total. The van der Waals surface area contributed by atoms with Crippen molar-refractivity contribution in [1.82, 2.24) is 14.7 Å². The highest BCUT2D eigenvalue weighted by Crippen LogP contribution is 2.46. The lowest BCUT2D eigenvalue weighted by atomic mass is 9.85. The summed E-state index contributed by atoms with van der Waals surface area (Å²) < 4.78 is 0. The smallest absolute Gasteiger partial charge is 0.237 e. The topological polar surface area (TPSA) is 43.9 Å². The second-order valence-electron chi connectivity index (χ2n) is 7.75. The first kappa shape index (κ1) is 15.9. The van der Waals surface area contributed by atoms with Crippen LogP contribution in [0.4, 0.5) is 0 Å². The Hall–Kier alpha value is -0.940. The maximum absolute atomic E-state index is 12.7. The fourth-order valence-corrected chi connectivity index (χ4v) is 4.28. The molecule has 0 aromatic rings. The minimum atomic E-state index is -0.323. The Morgan fingerprint density at radius 2 is 1.59 bits per heavy atom. The van der Waals surface area contributed by atoms with E-state index < -0.39 is 0 Å². The van der Waals surface area contributed by atoms with Crippen molar-refractivity contribution in [2.24, 2.45) is 11.3 Å². The van der Waals surface area contributed by atoms with Crippen LogP contribution in [0.1, 0.15) is 46.0 Å². The van der Waals surface area contributed by atoms with E-state index in [-0.39, 0.29) is 17.2 Å². The molecule has 2 saturated heterocycles. The lowest BCUT2D eigenvalue weighted by Gasteiger charge is -2.37. The number of carbonyl (C=O) groups is 2. The molecule has 3 fully saturated rings. The summed E-state index contributed by atoms with van der Waals surface area (Å²) in [5.41, 5.74) is -0.323. The van der Waals surface area contributed by atoms with Gasteiger partial charge < -0.3 is 4.90 Å². The Morgan fingerprint density at radius 1 is 1.00 bits per heavy atom. The van der Waals surface area contributed by atoms with Gasteiger partial charge in [0.25, 0.3) is 0 Å². The number of rotatable bonds is 4. The predicted molar refractivity (Wildman–Crippen MR) is 85.1 cm³/mol. The maximum atomic E-state index is 12.7. The van der Waals surface area contributed by atoms with Crippen molar-refractivity contribution in [3.8, 4) is 0 Å². The summed E-state index contributed by atoms with van der Waals surface area (Å²) in [5, 5.41) is 0. The highest BCUT2D eigenvalue weighted by molar-refractivity contribution is 6.06. The Kier molecular flexibility index (Phi) is 4.55. The highest BCUT2D eigenvalue weighted by atomic mass is 16.2. The summed E-state index contributed by atoms with van der Waals surface area (Å²) in [5.74, 6) is 0.853. The van der Waals surface area contributed by atoms with Crippen LogP contribution in [0.5, 0.6) is 0 Å². The number of piperazine rings is 1. The average Bonchev–Trinajstić information content (AvgIpc) is 3.02. The van der Waals surface area contributed by atoms with Gasteiger partial charge in [0.2, 0.25) is 11.8 Å². The van der Waals surface area contributed by atoms with E-state index in [1.165, 1.54) is 0 Å². The summed E-state index contributed by atoms with van der Waals surface area (Å²) >= 11 is 0. The predicted octanol–water partition coefficient (Wildman–Crippen LogP) is 1.54. The third-order valence-corrected chi connectivity index (χ3v) is 5.48. The first-order valence-corrected chi connectivity index (χ1v) is 8.80. The van der Waals surface area contributed by atoms with Gasteiger partial charge in [0, 0.05) is 39.1 Å². The lowest BCUT2D eigenvalue weighted by molar-refractivity contribution is -0.144. The van der Waals surface area contributed by atoms with Gasteiger partial charge in [-0.25, -0.2) is 0 Å². The number of nitrogens with zero attached hydrogens (tertiary/aromatic N) is 3. The average molecular weight is 307 g/mol. The van der Waals surface area contributed by atoms with E-state index in [4.69, 9.17) is 0 Å². The van der Waals surface area contributed by atoms with Gasteiger partial charge in [-0.3, -0.25) is 19.4 Å². The third-order valence-electron chi connectivity index (χ3n) is 5.48. The fourth-order valence-electron chi connectivity index (χ4n) is 4.28. The van der Waals surface area contributed by atoms with Crippen LogP contribution in [-0.4, -0.2) is 65.9 Å². The number of hydrogen-bond acceptors (Lipinski definition) is 4. The molecular weight excluding hydrogens is 278 g/mol. The van der Waals surface area contributed by atoms with Gasteiger partial charge in [0.1, 0.15) is 0 Å². The minimum absolute atomic E-state index is 0.0523. The van der Waals surface area contributed by atoms with E-state index in [2.05, 4.69) is 23.6 Å². The van der Waals surface area contributed by atoms with Crippen LogP contribution >= 0.6 is 0 Å². The maximum Gasteiger partial charge on any atom is 0.237 e. The Morgan fingerprint density at radius 3 is 2.18 bits per heavy atom. The van der Waals surface area contributed by atoms with Crippen molar-refractivity contribution in [3.63, 3.8) is 0 Å². The van der Waals surface area contributed by atoms with E-state index in [0.717, 1.165) is 58.4 Å². The zero-order valence-electron chi connectivity index (χ0n) is 14.0. The van der Waals surface area contributed by atoms with Gasteiger partial charge in [-0.15, -0.1) is 0 Å². The van der Waals surface area contributed by atoms with Crippen molar-refractivity contribution in [2.45, 2.75) is 46.0 Å². The van der Waals surface area contributed by atoms with Crippen LogP contribution in [0.25, 0.3) is 0 Å². The summed E-state index contributed by atoms with van der Waals surface area (Å²) in [6.45, 7) is 10.1. The van der Waals surface area contributed by atoms with Crippen LogP contribution < -0.4 is 0 Å². The Labute approximate surface area is 133 Å². The normalized spacial score (nSPS) is 26.8. The standard InChI is InChI=1S/C17H29N3O2/c1-14(2)12-18-7-9-19(10-8-18)13-20-15(21)11-17(16(20)22)5-3-4-6-17/h14H,3-13H2,1-2H3. The molecule has 5 heteroatoms. The van der Waals surface area contributed by atoms with Gasteiger partial charge in [0.05, 0.1) is 12.1 Å². The molecule has 22 heavy (non-hydrogen) atoms. The van der Waals surface area contributed by atoms with Crippen molar-refractivity contribution >= 4 is 11.8 Å². The molecule has 0 aromatic heterocycles. The molecule has 1 spiro atoms. The molecule has 0 unspecified atom stereocenters. The SMILES string of the molecule is CC(C)CN1CCN(CN2C(=O)CC3(CCCC3)C2=O)CC1. The second kappa shape index (κ2) is 6.28. The summed E-state index contributed by atoms with van der Waals surface area (Å²) in [7, 11) is 0. The monoisotopic (exact) mass is 307 g/mol. The van der Waals surface area contributed by atoms with Crippen molar-refractivity contribution in [2.75, 3.05) is 39.4 Å². The molecule has 3 rings (SSSR count). The van der Waals surface area contributed by atoms with Gasteiger partial charge in [-0.05, 0) is 18.8 Å². The number of amides is 2. The van der Waals surface area contributed by atoms with Crippen LogP contribution in [0.3, 0.4) is 0 Å². The van der Waals surface area contributed by atoms with Crippen LogP contribution in [0, 0.1) is 11.3 Å². The fraction of sp³-hybridized carbons (Fsp3) is 0.882. The zero-order chi connectivity index (χ0) is 15.7. The molecule has 1 aliphatic carbocycles. The Bertz CT molecular complexity index is 435. The molecule has 1 saturated carbocycles. The van der Waals surface area contributed by atoms with E-state index in [0.29, 0.717) is 19.0 Å². The summed E-state index contributed by atoms with van der Waals surface area (Å²) in [4.78, 5) is 31.3. The van der Waals surface area contributed by atoms with Gasteiger partial charge in [-0.1, -0.05) is 26.7 Å². The van der Waals surface area contributed by atoms with Crippen molar-refractivity contribution in [1.29, 1.82) is 0 Å². The Balaban J connectivity index is 1.54. The minimum Gasteiger partial charge on any atom is -0.301 e. The largest absolute Gasteiger partial charge is 0.301 e. The molecule has 2 aliphatic heterocycles. The molecule has 0 atom stereocenters. The van der Waals surface area contributed by atoms with Gasteiger partial charge in [-0.2, -0.15) is 0 Å². The molecule has 0 bridgehead atoms. The number of hydrogen-bond donors (Lipinski definition) is 0. The summed E-state index contributed by atoms with van der Waals surface area (Å²) in [6.07, 6.45) is 4.48. The quantitative estimate of drug-likeness (QED) is 0.739. The second-order valence-corrected chi connectivity index (χ2v) is 7.75. The van der Waals surface area contributed by atoms with Crippen LogP contribution in [-0.2, 0) is 9.59 Å². The molecule has 0 aromatic carbocycles. The van der Waals surface area contributed by atoms with E-state index in [9.17, 15) is 9.59 Å². The van der Waals surface area contributed by atoms with E-state index in [1.54, 1.807) is 4.90 Å². The van der Waals surface area contributed by atoms with Gasteiger partial charge >= 0.3 is 0 Å². The lowest BCUT2D eigenvalue weighted by Crippen LogP contribution is -2.52. The van der Waals surface area contributed by atoms with Crippen LogP contribution in [0.15, 0.2) is 0 Å². The summed E-state index contributed by atoms with van der Waals surface area (Å²) in [6, 6.07) is 0. The molecule has 2 amide bonds. The number of likely N-dealkylation sites (tertiary alicyclic amines) is 1. The molecule has 0 radical (unpaired) electrons. The molecule has 124 valence electrons. The zero-order valence-corrected chi connectivity index (χ0v) is 14.0. The van der Waals surface area contributed by atoms with Gasteiger partial charge in [0.15, 0.2) is 0 Å². The van der Waals surface area contributed by atoms with Crippen molar-refractivity contribution in [3.05, 3.63) is 0 Å². The van der Waals surface area contributed by atoms with E-state index >= 15 is 0 Å².